The fourth-order valence-electron chi connectivity index (χ4n) is 5.80. The van der Waals surface area contributed by atoms with E-state index in [1.807, 2.05) is 55.4 Å². The molecule has 0 radical (unpaired) electrons. The molecular weight excluding hydrogens is 506 g/mol. The first-order valence-corrected chi connectivity index (χ1v) is 13.0. The van der Waals surface area contributed by atoms with Gasteiger partial charge >= 0.3 is 0 Å². The van der Waals surface area contributed by atoms with Crippen LogP contribution >= 0.6 is 0 Å². The molecule has 0 aliphatic carbocycles. The van der Waals surface area contributed by atoms with Crippen molar-refractivity contribution in [1.29, 1.82) is 0 Å². The number of aliphatic hydroxyl groups excluding tert-OH is 1. The summed E-state index contributed by atoms with van der Waals surface area (Å²) in [6, 6.07) is 0. The van der Waals surface area contributed by atoms with Gasteiger partial charge in [-0.05, 0) is 60.9 Å². The van der Waals surface area contributed by atoms with Gasteiger partial charge in [0, 0.05) is 4.91 Å². The minimum absolute atomic E-state index is 0.131. The van der Waals surface area contributed by atoms with Crippen LogP contribution in [0.5, 0.6) is 0 Å². The average molecular weight is 546 g/mol. The van der Waals surface area contributed by atoms with Crippen molar-refractivity contribution in [3.05, 3.63) is 10.4 Å². The molecule has 216 valence electrons. The van der Waals surface area contributed by atoms with Gasteiger partial charge in [-0.25, -0.2) is 0 Å². The van der Waals surface area contributed by atoms with Crippen molar-refractivity contribution in [1.82, 2.24) is 0 Å². The first-order valence-electron chi connectivity index (χ1n) is 13.0. The molecular formula is C24H39N3O11. The Kier molecular flexibility index (Phi) is 7.29. The summed E-state index contributed by atoms with van der Waals surface area (Å²) in [6.45, 7) is 14.7. The van der Waals surface area contributed by atoms with Crippen LogP contribution in [-0.2, 0) is 47.4 Å². The molecule has 6 saturated heterocycles. The molecule has 6 aliphatic rings. The molecule has 10 unspecified atom stereocenters. The zero-order chi connectivity index (χ0) is 27.7. The van der Waals surface area contributed by atoms with Gasteiger partial charge in [-0.15, -0.1) is 0 Å². The van der Waals surface area contributed by atoms with Crippen molar-refractivity contribution in [2.45, 2.75) is 140 Å². The van der Waals surface area contributed by atoms with E-state index in [4.69, 9.17) is 52.9 Å². The van der Waals surface area contributed by atoms with Gasteiger partial charge < -0.3 is 52.5 Å². The molecule has 6 heterocycles. The largest absolute Gasteiger partial charge is 0.394 e. The molecule has 0 bridgehead atoms. The monoisotopic (exact) mass is 545 g/mol. The molecule has 10 atom stereocenters. The molecule has 0 saturated carbocycles. The first kappa shape index (κ1) is 28.4. The second kappa shape index (κ2) is 9.75. The molecule has 1 N–H and O–H groups in total. The Balaban J connectivity index is 0.000000156. The number of nitrogens with zero attached hydrogens (tertiary/aromatic N) is 3. The van der Waals surface area contributed by atoms with Crippen LogP contribution in [0.25, 0.3) is 10.4 Å². The van der Waals surface area contributed by atoms with Crippen molar-refractivity contribution < 1.29 is 52.5 Å². The molecule has 0 amide bonds. The molecule has 0 aromatic carbocycles. The summed E-state index contributed by atoms with van der Waals surface area (Å²) in [4.78, 5) is 2.77. The van der Waals surface area contributed by atoms with Crippen LogP contribution in [0.15, 0.2) is 5.11 Å². The highest BCUT2D eigenvalue weighted by molar-refractivity contribution is 5.01. The number of hydrogen-bond acceptors (Lipinski definition) is 12. The third-order valence-electron chi connectivity index (χ3n) is 7.01. The summed E-state index contributed by atoms with van der Waals surface area (Å²) in [5.74, 6) is -2.86. The summed E-state index contributed by atoms with van der Waals surface area (Å²) >= 11 is 0. The Labute approximate surface area is 221 Å². The van der Waals surface area contributed by atoms with Crippen molar-refractivity contribution in [2.24, 2.45) is 5.11 Å². The zero-order valence-electron chi connectivity index (χ0n) is 23.1. The normalized spacial score (nSPS) is 46.6. The van der Waals surface area contributed by atoms with Crippen molar-refractivity contribution in [3.63, 3.8) is 0 Å². The lowest BCUT2D eigenvalue weighted by Crippen LogP contribution is -2.56. The lowest BCUT2D eigenvalue weighted by Gasteiger charge is -2.36. The molecule has 6 rings (SSSR count). The maximum atomic E-state index is 9.40. The molecule has 0 aromatic heterocycles. The highest BCUT2D eigenvalue weighted by atomic mass is 16.9. The van der Waals surface area contributed by atoms with Crippen molar-refractivity contribution in [3.8, 4) is 0 Å². The van der Waals surface area contributed by atoms with E-state index < -0.39 is 47.9 Å². The van der Waals surface area contributed by atoms with E-state index in [1.165, 1.54) is 0 Å². The van der Waals surface area contributed by atoms with E-state index in [-0.39, 0.29) is 49.8 Å². The Morgan fingerprint density at radius 1 is 0.579 bits per heavy atom. The third-order valence-corrected chi connectivity index (χ3v) is 7.01. The maximum Gasteiger partial charge on any atom is 0.190 e. The Bertz CT molecular complexity index is 940. The third kappa shape index (κ3) is 5.55. The first-order chi connectivity index (χ1) is 17.6. The van der Waals surface area contributed by atoms with Crippen LogP contribution in [0.3, 0.4) is 0 Å². The van der Waals surface area contributed by atoms with Gasteiger partial charge in [-0.1, -0.05) is 5.11 Å². The van der Waals surface area contributed by atoms with Gasteiger partial charge in [0.2, 0.25) is 0 Å². The average Bonchev–Trinajstić information content (AvgIpc) is 3.49. The van der Waals surface area contributed by atoms with Gasteiger partial charge in [-0.3, -0.25) is 0 Å². The minimum atomic E-state index is -0.733. The van der Waals surface area contributed by atoms with E-state index in [0.29, 0.717) is 0 Å². The topological polar surface area (TPSA) is 161 Å². The zero-order valence-corrected chi connectivity index (χ0v) is 23.1. The van der Waals surface area contributed by atoms with E-state index in [2.05, 4.69) is 10.0 Å². The number of rotatable bonds is 3. The van der Waals surface area contributed by atoms with Crippen molar-refractivity contribution >= 4 is 0 Å². The number of ether oxygens (including phenoxy) is 10. The number of azide groups is 1. The number of aliphatic hydroxyl groups is 1. The van der Waals surface area contributed by atoms with Gasteiger partial charge in [0.05, 0.1) is 19.3 Å². The van der Waals surface area contributed by atoms with E-state index in [0.717, 1.165) is 0 Å². The minimum Gasteiger partial charge on any atom is -0.394 e. The second-order valence-electron chi connectivity index (χ2n) is 12.0. The Hall–Kier alpha value is -1.13. The fourth-order valence-corrected chi connectivity index (χ4v) is 5.80. The molecule has 14 heteroatoms. The van der Waals surface area contributed by atoms with Crippen LogP contribution in [-0.4, -0.2) is 103 Å². The van der Waals surface area contributed by atoms with Crippen LogP contribution in [0.4, 0.5) is 0 Å². The Morgan fingerprint density at radius 3 is 1.39 bits per heavy atom. The molecule has 0 spiro atoms. The Morgan fingerprint density at radius 2 is 0.947 bits per heavy atom. The summed E-state index contributed by atoms with van der Waals surface area (Å²) in [7, 11) is 0. The molecule has 14 nitrogen and oxygen atoms in total. The van der Waals surface area contributed by atoms with Gasteiger partial charge in [0.1, 0.15) is 42.7 Å². The molecule has 6 aliphatic heterocycles. The van der Waals surface area contributed by atoms with E-state index >= 15 is 0 Å². The standard InChI is InChI=1S/C12H19N3O5.C12H20O6/c1-11(2)17-7-6(5-14-15-13)16-10-9(8(7)18-11)19-12(3,4)20-10;1-11(2)15-7-6(5-13)14-10-9(8(7)16-11)17-12(3,4)18-10/h6-10H,5H2,1-4H3;6-10,13H,5H2,1-4H3. The molecule has 6 fully saturated rings. The smallest absolute Gasteiger partial charge is 0.190 e. The summed E-state index contributed by atoms with van der Waals surface area (Å²) < 4.78 is 58.1. The maximum absolute atomic E-state index is 9.40. The molecule has 38 heavy (non-hydrogen) atoms. The van der Waals surface area contributed by atoms with Crippen LogP contribution in [0, 0.1) is 0 Å². The lowest BCUT2D eigenvalue weighted by atomic mass is 9.99. The summed E-state index contributed by atoms with van der Waals surface area (Å²) in [6.07, 6.45) is -3.83. The van der Waals surface area contributed by atoms with Crippen LogP contribution in [0.1, 0.15) is 55.4 Å². The second-order valence-corrected chi connectivity index (χ2v) is 12.0. The van der Waals surface area contributed by atoms with Gasteiger partial charge in [-0.2, -0.15) is 0 Å². The summed E-state index contributed by atoms with van der Waals surface area (Å²) in [5.41, 5.74) is 8.49. The lowest BCUT2D eigenvalue weighted by molar-refractivity contribution is -0.240. The van der Waals surface area contributed by atoms with Gasteiger partial charge in [0.15, 0.2) is 35.7 Å². The van der Waals surface area contributed by atoms with E-state index in [1.54, 1.807) is 0 Å². The van der Waals surface area contributed by atoms with Crippen LogP contribution < -0.4 is 0 Å². The summed E-state index contributed by atoms with van der Waals surface area (Å²) in [5, 5.41) is 13.0. The highest BCUT2D eigenvalue weighted by Gasteiger charge is 2.61. The molecule has 0 aromatic rings. The number of hydrogen-bond donors (Lipinski definition) is 1. The van der Waals surface area contributed by atoms with E-state index in [9.17, 15) is 5.11 Å². The number of fused-ring (bicyclic) bond motifs is 6. The highest BCUT2D eigenvalue weighted by Crippen LogP contribution is 2.45. The van der Waals surface area contributed by atoms with Crippen LogP contribution in [0.2, 0.25) is 0 Å². The van der Waals surface area contributed by atoms with Crippen molar-refractivity contribution in [2.75, 3.05) is 13.2 Å². The predicted octanol–water partition coefficient (Wildman–Crippen LogP) is 2.07. The SMILES string of the molecule is CC1(C)OC2OC(CN=[N+]=[N-])C3OC(C)(C)OC3C2O1.CC1(C)OC2OC(CO)C3OC(C)(C)OC3C2O1. The quantitative estimate of drug-likeness (QED) is 0.314. The predicted molar refractivity (Wildman–Crippen MR) is 126 cm³/mol. The fraction of sp³-hybridized carbons (Fsp3) is 1.00. The van der Waals surface area contributed by atoms with Gasteiger partial charge in [0.25, 0.3) is 0 Å².